The third kappa shape index (κ3) is 3.63. The summed E-state index contributed by atoms with van der Waals surface area (Å²) < 4.78 is 6.13. The van der Waals surface area contributed by atoms with Gasteiger partial charge in [0.2, 0.25) is 0 Å². The van der Waals surface area contributed by atoms with Crippen LogP contribution in [0.15, 0.2) is 36.0 Å². The third-order valence-electron chi connectivity index (χ3n) is 3.10. The maximum absolute atomic E-state index is 12.3. The number of imide groups is 1. The number of anilines is 1. The van der Waals surface area contributed by atoms with Gasteiger partial charge in [-0.2, -0.15) is 5.10 Å². The molecule has 0 spiro atoms. The molecule has 3 rings (SSSR count). The molecule has 0 saturated heterocycles. The number of amides is 3. The lowest BCUT2D eigenvalue weighted by atomic mass is 10.3. The first-order valence-electron chi connectivity index (χ1n) is 7.26. The predicted molar refractivity (Wildman–Crippen MR) is 89.7 cm³/mol. The van der Waals surface area contributed by atoms with E-state index in [0.29, 0.717) is 10.6 Å². The van der Waals surface area contributed by atoms with Crippen molar-refractivity contribution in [3.8, 4) is 0 Å². The number of fused-ring (bicyclic) bond motifs is 1. The third-order valence-corrected chi connectivity index (χ3v) is 3.93. The summed E-state index contributed by atoms with van der Waals surface area (Å²) in [5, 5.41) is 10.7. The van der Waals surface area contributed by atoms with Gasteiger partial charge in [-0.1, -0.05) is 0 Å². The van der Waals surface area contributed by atoms with E-state index in [-0.39, 0.29) is 17.9 Å². The van der Waals surface area contributed by atoms with Crippen molar-refractivity contribution in [3.63, 3.8) is 0 Å². The molecule has 2 N–H and O–H groups in total. The van der Waals surface area contributed by atoms with Crippen LogP contribution in [0.3, 0.4) is 0 Å². The number of imidazole rings is 1. The average molecular weight is 359 g/mol. The van der Waals surface area contributed by atoms with Crippen LogP contribution in [-0.2, 0) is 4.74 Å². The van der Waals surface area contributed by atoms with Crippen molar-refractivity contribution in [1.82, 2.24) is 19.9 Å². The predicted octanol–water partition coefficient (Wildman–Crippen LogP) is 1.93. The second-order valence-corrected chi connectivity index (χ2v) is 5.66. The van der Waals surface area contributed by atoms with Crippen molar-refractivity contribution in [2.75, 3.05) is 11.9 Å². The van der Waals surface area contributed by atoms with Crippen LogP contribution >= 0.6 is 11.3 Å². The van der Waals surface area contributed by atoms with Crippen LogP contribution in [0, 0.1) is 0 Å². The van der Waals surface area contributed by atoms with Gasteiger partial charge in [0, 0.05) is 6.20 Å². The smallest absolute Gasteiger partial charge is 0.414 e. The van der Waals surface area contributed by atoms with E-state index in [1.54, 1.807) is 30.6 Å². The normalized spacial score (nSPS) is 10.4. The van der Waals surface area contributed by atoms with Gasteiger partial charge in [0.25, 0.3) is 11.8 Å². The van der Waals surface area contributed by atoms with Crippen molar-refractivity contribution in [2.24, 2.45) is 0 Å². The van der Waals surface area contributed by atoms with Crippen molar-refractivity contribution in [3.05, 3.63) is 47.2 Å². The van der Waals surface area contributed by atoms with E-state index in [1.807, 2.05) is 0 Å². The van der Waals surface area contributed by atoms with Gasteiger partial charge in [0.15, 0.2) is 5.65 Å². The Morgan fingerprint density at radius 1 is 1.28 bits per heavy atom. The summed E-state index contributed by atoms with van der Waals surface area (Å²) in [5.41, 5.74) is 0.844. The van der Waals surface area contributed by atoms with E-state index in [9.17, 15) is 14.4 Å². The number of rotatable bonds is 4. The van der Waals surface area contributed by atoms with Crippen molar-refractivity contribution >= 4 is 39.9 Å². The summed E-state index contributed by atoms with van der Waals surface area (Å²) in [6, 6.07) is 4.92. The summed E-state index contributed by atoms with van der Waals surface area (Å²) in [6.07, 6.45) is 2.21. The van der Waals surface area contributed by atoms with E-state index in [4.69, 9.17) is 0 Å². The van der Waals surface area contributed by atoms with Gasteiger partial charge >= 0.3 is 6.09 Å². The molecule has 0 aliphatic rings. The highest BCUT2D eigenvalue weighted by atomic mass is 32.1. The lowest BCUT2D eigenvalue weighted by Gasteiger charge is -2.06. The standard InChI is InChI=1S/C15H13N5O4S/c1-2-24-15(23)19-12(21)9-5-7-25-14(9)18-13(22)10-8-20-11(17-10)4-3-6-16-20/h3-8H,2H2,1H3,(H,18,22)(H,19,21,23). The fourth-order valence-corrected chi connectivity index (χ4v) is 2.80. The molecule has 0 aliphatic heterocycles. The zero-order valence-electron chi connectivity index (χ0n) is 13.1. The van der Waals surface area contributed by atoms with Gasteiger partial charge in [-0.25, -0.2) is 14.3 Å². The number of nitrogens with one attached hydrogen (secondary N) is 2. The molecule has 10 heteroatoms. The monoisotopic (exact) mass is 359 g/mol. The van der Waals surface area contributed by atoms with E-state index in [1.165, 1.54) is 16.8 Å². The molecule has 128 valence electrons. The molecule has 3 aromatic rings. The Kier molecular flexibility index (Phi) is 4.70. The summed E-state index contributed by atoms with van der Waals surface area (Å²) in [6.45, 7) is 1.78. The van der Waals surface area contributed by atoms with E-state index >= 15 is 0 Å². The Balaban J connectivity index is 1.75. The molecule has 0 fully saturated rings. The second kappa shape index (κ2) is 7.09. The quantitative estimate of drug-likeness (QED) is 0.735. The highest BCUT2D eigenvalue weighted by molar-refractivity contribution is 7.14. The Labute approximate surface area is 145 Å². The lowest BCUT2D eigenvalue weighted by Crippen LogP contribution is -2.31. The first kappa shape index (κ1) is 16.6. The molecule has 3 aromatic heterocycles. The molecule has 3 heterocycles. The Morgan fingerprint density at radius 2 is 2.12 bits per heavy atom. The molecule has 0 atom stereocenters. The van der Waals surface area contributed by atoms with Crippen LogP contribution in [0.1, 0.15) is 27.8 Å². The first-order valence-corrected chi connectivity index (χ1v) is 8.14. The highest BCUT2D eigenvalue weighted by Gasteiger charge is 2.19. The second-order valence-electron chi connectivity index (χ2n) is 4.74. The Hall–Kier alpha value is -3.27. The molecule has 0 aliphatic carbocycles. The number of hydrogen-bond donors (Lipinski definition) is 2. The van der Waals surface area contributed by atoms with Gasteiger partial charge in [0.05, 0.1) is 18.4 Å². The highest BCUT2D eigenvalue weighted by Crippen LogP contribution is 2.23. The maximum Gasteiger partial charge on any atom is 0.414 e. The Morgan fingerprint density at radius 3 is 2.88 bits per heavy atom. The minimum Gasteiger partial charge on any atom is -0.450 e. The molecule has 0 radical (unpaired) electrons. The van der Waals surface area contributed by atoms with E-state index in [0.717, 1.165) is 11.3 Å². The number of ether oxygens (including phenoxy) is 1. The number of alkyl carbamates (subject to hydrolysis) is 1. The summed E-state index contributed by atoms with van der Waals surface area (Å²) in [5.74, 6) is -1.15. The van der Waals surface area contributed by atoms with Crippen LogP contribution in [0.5, 0.6) is 0 Å². The van der Waals surface area contributed by atoms with Crippen LogP contribution in [0.25, 0.3) is 5.65 Å². The van der Waals surface area contributed by atoms with Crippen LogP contribution < -0.4 is 10.6 Å². The molecule has 0 saturated carbocycles. The Bertz CT molecular complexity index is 915. The van der Waals surface area contributed by atoms with Gasteiger partial charge in [-0.05, 0) is 30.5 Å². The fourth-order valence-electron chi connectivity index (χ4n) is 2.02. The van der Waals surface area contributed by atoms with Crippen LogP contribution in [0.4, 0.5) is 9.80 Å². The molecular weight excluding hydrogens is 346 g/mol. The van der Waals surface area contributed by atoms with Crippen molar-refractivity contribution < 1.29 is 19.1 Å². The number of aromatic nitrogens is 3. The van der Waals surface area contributed by atoms with Gasteiger partial charge in [-0.3, -0.25) is 14.9 Å². The van der Waals surface area contributed by atoms with Crippen LogP contribution in [-0.4, -0.2) is 39.1 Å². The SMILES string of the molecule is CCOC(=O)NC(=O)c1ccsc1NC(=O)c1cn2ncccc2n1. The van der Waals surface area contributed by atoms with E-state index < -0.39 is 17.9 Å². The largest absolute Gasteiger partial charge is 0.450 e. The number of carbonyl (C=O) groups is 3. The first-order chi connectivity index (χ1) is 12.1. The lowest BCUT2D eigenvalue weighted by molar-refractivity contribution is 0.0926. The molecule has 0 aromatic carbocycles. The molecule has 3 amide bonds. The average Bonchev–Trinajstić information content (AvgIpc) is 3.21. The van der Waals surface area contributed by atoms with Crippen LogP contribution in [0.2, 0.25) is 0 Å². The molecular formula is C15H13N5O4S. The van der Waals surface area contributed by atoms with Crippen molar-refractivity contribution in [2.45, 2.75) is 6.92 Å². The molecule has 0 bridgehead atoms. The molecule has 0 unspecified atom stereocenters. The molecule has 9 nitrogen and oxygen atoms in total. The van der Waals surface area contributed by atoms with Gasteiger partial charge in [-0.15, -0.1) is 11.3 Å². The summed E-state index contributed by atoms with van der Waals surface area (Å²) in [4.78, 5) is 39.9. The van der Waals surface area contributed by atoms with Gasteiger partial charge in [0.1, 0.15) is 10.7 Å². The summed E-state index contributed by atoms with van der Waals surface area (Å²) >= 11 is 1.15. The van der Waals surface area contributed by atoms with Crippen molar-refractivity contribution in [1.29, 1.82) is 0 Å². The fraction of sp³-hybridized carbons (Fsp3) is 0.133. The minimum absolute atomic E-state index is 0.147. The topological polar surface area (TPSA) is 115 Å². The number of hydrogen-bond acceptors (Lipinski definition) is 7. The van der Waals surface area contributed by atoms with Gasteiger partial charge < -0.3 is 10.1 Å². The zero-order valence-corrected chi connectivity index (χ0v) is 13.9. The maximum atomic E-state index is 12.3. The molecule has 25 heavy (non-hydrogen) atoms. The number of nitrogens with zero attached hydrogens (tertiary/aromatic N) is 3. The minimum atomic E-state index is -0.845. The number of carbonyl (C=O) groups excluding carboxylic acids is 3. The number of thiophene rings is 1. The zero-order chi connectivity index (χ0) is 17.8. The van der Waals surface area contributed by atoms with E-state index in [2.05, 4.69) is 25.5 Å². The summed E-state index contributed by atoms with van der Waals surface area (Å²) in [7, 11) is 0.